The van der Waals surface area contributed by atoms with E-state index >= 15 is 0 Å². The van der Waals surface area contributed by atoms with Crippen LogP contribution in [0.2, 0.25) is 0 Å². The molecule has 19 heavy (non-hydrogen) atoms. The molecule has 2 N–H and O–H groups in total. The van der Waals surface area contributed by atoms with Crippen molar-refractivity contribution in [1.82, 2.24) is 4.98 Å². The summed E-state index contributed by atoms with van der Waals surface area (Å²) in [6, 6.07) is 11.3. The summed E-state index contributed by atoms with van der Waals surface area (Å²) in [7, 11) is 0. The van der Waals surface area contributed by atoms with E-state index in [2.05, 4.69) is 10.3 Å². The van der Waals surface area contributed by atoms with Crippen molar-refractivity contribution < 1.29 is 9.84 Å². The van der Waals surface area contributed by atoms with E-state index in [-0.39, 0.29) is 6.61 Å². The van der Waals surface area contributed by atoms with Crippen LogP contribution in [-0.4, -0.2) is 16.6 Å². The molecule has 0 fully saturated rings. The van der Waals surface area contributed by atoms with Crippen molar-refractivity contribution in [1.29, 1.82) is 0 Å². The number of hydrogen-bond acceptors (Lipinski definition) is 4. The van der Waals surface area contributed by atoms with Crippen LogP contribution in [0.15, 0.2) is 42.6 Å². The largest absolute Gasteiger partial charge is 0.489 e. The number of rotatable bonds is 6. The van der Waals surface area contributed by atoms with Gasteiger partial charge in [-0.05, 0) is 42.3 Å². The smallest absolute Gasteiger partial charge is 0.126 e. The van der Waals surface area contributed by atoms with Gasteiger partial charge in [0, 0.05) is 12.7 Å². The van der Waals surface area contributed by atoms with Gasteiger partial charge in [0.15, 0.2) is 0 Å². The Morgan fingerprint density at radius 2 is 1.95 bits per heavy atom. The van der Waals surface area contributed by atoms with Gasteiger partial charge in [0.1, 0.15) is 18.2 Å². The lowest BCUT2D eigenvalue weighted by Crippen LogP contribution is -2.01. The zero-order valence-corrected chi connectivity index (χ0v) is 11.0. The molecule has 0 atom stereocenters. The monoisotopic (exact) mass is 258 g/mol. The van der Waals surface area contributed by atoms with Crippen LogP contribution in [0.25, 0.3) is 0 Å². The predicted molar refractivity (Wildman–Crippen MR) is 75.1 cm³/mol. The molecule has 0 aliphatic carbocycles. The fraction of sp³-hybridized carbons (Fsp3) is 0.267. The minimum Gasteiger partial charge on any atom is -0.489 e. The van der Waals surface area contributed by atoms with Crippen molar-refractivity contribution in [3.63, 3.8) is 0 Å². The van der Waals surface area contributed by atoms with Crippen molar-refractivity contribution in [3.05, 3.63) is 53.7 Å². The maximum absolute atomic E-state index is 8.96. The summed E-state index contributed by atoms with van der Waals surface area (Å²) in [6.45, 7) is 3.43. The van der Waals surface area contributed by atoms with Gasteiger partial charge in [-0.15, -0.1) is 0 Å². The lowest BCUT2D eigenvalue weighted by Gasteiger charge is -2.08. The molecule has 0 spiro atoms. The van der Waals surface area contributed by atoms with E-state index in [9.17, 15) is 0 Å². The van der Waals surface area contributed by atoms with Crippen molar-refractivity contribution >= 4 is 5.82 Å². The summed E-state index contributed by atoms with van der Waals surface area (Å²) in [5.74, 6) is 1.65. The van der Waals surface area contributed by atoms with Crippen LogP contribution in [-0.2, 0) is 13.2 Å². The minimum atomic E-state index is 0.0523. The van der Waals surface area contributed by atoms with E-state index in [0.29, 0.717) is 6.61 Å². The highest BCUT2D eigenvalue weighted by Crippen LogP contribution is 2.15. The summed E-state index contributed by atoms with van der Waals surface area (Å²) in [5.41, 5.74) is 1.95. The van der Waals surface area contributed by atoms with E-state index < -0.39 is 0 Å². The van der Waals surface area contributed by atoms with Crippen molar-refractivity contribution in [2.45, 2.75) is 20.1 Å². The average Bonchev–Trinajstić information content (AvgIpc) is 2.46. The Hall–Kier alpha value is -2.07. The third-order valence-electron chi connectivity index (χ3n) is 2.69. The number of nitrogens with zero attached hydrogens (tertiary/aromatic N) is 1. The summed E-state index contributed by atoms with van der Waals surface area (Å²) in [5, 5.41) is 12.1. The second kappa shape index (κ2) is 6.75. The average molecular weight is 258 g/mol. The van der Waals surface area contributed by atoms with Gasteiger partial charge in [-0.1, -0.05) is 12.1 Å². The van der Waals surface area contributed by atoms with Gasteiger partial charge in [-0.2, -0.15) is 0 Å². The zero-order chi connectivity index (χ0) is 13.5. The van der Waals surface area contributed by atoms with Crippen molar-refractivity contribution in [2.24, 2.45) is 0 Å². The summed E-state index contributed by atoms with van der Waals surface area (Å²) in [6.07, 6.45) is 1.77. The maximum atomic E-state index is 8.96. The molecule has 0 unspecified atom stereocenters. The summed E-state index contributed by atoms with van der Waals surface area (Å²) >= 11 is 0. The Morgan fingerprint density at radius 1 is 1.16 bits per heavy atom. The second-order valence-electron chi connectivity index (χ2n) is 4.17. The van der Waals surface area contributed by atoms with Crippen LogP contribution in [0, 0.1) is 0 Å². The van der Waals surface area contributed by atoms with E-state index in [1.54, 1.807) is 6.20 Å². The Labute approximate surface area is 113 Å². The molecule has 0 radical (unpaired) electrons. The SMILES string of the molecule is CCNc1cc(COc2ccc(CO)cc2)ccn1. The molecule has 2 rings (SSSR count). The Kier molecular flexibility index (Phi) is 4.75. The number of benzene rings is 1. The molecule has 1 heterocycles. The van der Waals surface area contributed by atoms with Gasteiger partial charge in [0.25, 0.3) is 0 Å². The molecule has 2 aromatic rings. The van der Waals surface area contributed by atoms with Crippen LogP contribution >= 0.6 is 0 Å². The fourth-order valence-electron chi connectivity index (χ4n) is 1.70. The zero-order valence-electron chi connectivity index (χ0n) is 11.0. The number of anilines is 1. The first kappa shape index (κ1) is 13.4. The Balaban J connectivity index is 1.95. The molecule has 0 saturated carbocycles. The number of hydrogen-bond donors (Lipinski definition) is 2. The van der Waals surface area contributed by atoms with Gasteiger partial charge >= 0.3 is 0 Å². The lowest BCUT2D eigenvalue weighted by atomic mass is 10.2. The molecule has 4 heteroatoms. The predicted octanol–water partition coefficient (Wildman–Crippen LogP) is 2.58. The maximum Gasteiger partial charge on any atom is 0.126 e. The van der Waals surface area contributed by atoms with Gasteiger partial charge < -0.3 is 15.2 Å². The van der Waals surface area contributed by atoms with Crippen LogP contribution < -0.4 is 10.1 Å². The van der Waals surface area contributed by atoms with Crippen molar-refractivity contribution in [2.75, 3.05) is 11.9 Å². The molecule has 4 nitrogen and oxygen atoms in total. The van der Waals surface area contributed by atoms with Gasteiger partial charge in [-0.25, -0.2) is 4.98 Å². The molecule has 1 aromatic carbocycles. The van der Waals surface area contributed by atoms with Crippen LogP contribution in [0.3, 0.4) is 0 Å². The molecule has 100 valence electrons. The number of pyridine rings is 1. The minimum absolute atomic E-state index is 0.0523. The van der Waals surface area contributed by atoms with Gasteiger partial charge in [-0.3, -0.25) is 0 Å². The molecule has 0 aliphatic heterocycles. The van der Waals surface area contributed by atoms with E-state index in [1.165, 1.54) is 0 Å². The molecule has 0 amide bonds. The van der Waals surface area contributed by atoms with E-state index in [0.717, 1.165) is 29.2 Å². The molecule has 0 aliphatic rings. The molecular formula is C15H18N2O2. The number of aromatic nitrogens is 1. The number of aliphatic hydroxyl groups excluding tert-OH is 1. The number of nitrogens with one attached hydrogen (secondary N) is 1. The van der Waals surface area contributed by atoms with Gasteiger partial charge in [0.05, 0.1) is 6.61 Å². The number of ether oxygens (including phenoxy) is 1. The normalized spacial score (nSPS) is 10.2. The van der Waals surface area contributed by atoms with Crippen LogP contribution in [0.5, 0.6) is 5.75 Å². The first-order chi connectivity index (χ1) is 9.31. The molecule has 0 bridgehead atoms. The van der Waals surface area contributed by atoms with E-state index in [1.807, 2.05) is 43.3 Å². The summed E-state index contributed by atoms with van der Waals surface area (Å²) in [4.78, 5) is 4.21. The Morgan fingerprint density at radius 3 is 2.63 bits per heavy atom. The fourth-order valence-corrected chi connectivity index (χ4v) is 1.70. The lowest BCUT2D eigenvalue weighted by molar-refractivity contribution is 0.280. The first-order valence-corrected chi connectivity index (χ1v) is 6.33. The highest BCUT2D eigenvalue weighted by molar-refractivity contribution is 5.37. The topological polar surface area (TPSA) is 54.4 Å². The third-order valence-corrected chi connectivity index (χ3v) is 2.69. The van der Waals surface area contributed by atoms with Crippen LogP contribution in [0.4, 0.5) is 5.82 Å². The Bertz CT molecular complexity index is 512. The van der Waals surface area contributed by atoms with E-state index in [4.69, 9.17) is 9.84 Å². The molecular weight excluding hydrogens is 240 g/mol. The molecule has 0 saturated heterocycles. The first-order valence-electron chi connectivity index (χ1n) is 6.33. The number of aliphatic hydroxyl groups is 1. The standard InChI is InChI=1S/C15H18N2O2/c1-2-16-15-9-13(7-8-17-15)11-19-14-5-3-12(10-18)4-6-14/h3-9,18H,2,10-11H2,1H3,(H,16,17). The highest BCUT2D eigenvalue weighted by atomic mass is 16.5. The van der Waals surface area contributed by atoms with Crippen LogP contribution in [0.1, 0.15) is 18.1 Å². The quantitative estimate of drug-likeness (QED) is 0.836. The second-order valence-corrected chi connectivity index (χ2v) is 4.17. The third kappa shape index (κ3) is 3.96. The highest BCUT2D eigenvalue weighted by Gasteiger charge is 1.99. The summed E-state index contributed by atoms with van der Waals surface area (Å²) < 4.78 is 5.69. The molecule has 1 aromatic heterocycles. The van der Waals surface area contributed by atoms with Gasteiger partial charge in [0.2, 0.25) is 0 Å². The van der Waals surface area contributed by atoms with Crippen molar-refractivity contribution in [3.8, 4) is 5.75 Å².